The van der Waals surface area contributed by atoms with Crippen molar-refractivity contribution in [2.24, 2.45) is 5.92 Å². The summed E-state index contributed by atoms with van der Waals surface area (Å²) in [7, 11) is 0. The minimum Gasteiger partial charge on any atom is -0.506 e. The zero-order chi connectivity index (χ0) is 17.0. The first-order valence-electron chi connectivity index (χ1n) is 8.01. The Kier molecular flexibility index (Phi) is 10.9. The number of halogens is 3. The van der Waals surface area contributed by atoms with Crippen molar-refractivity contribution in [1.82, 2.24) is 10.2 Å². The number of phenols is 1. The van der Waals surface area contributed by atoms with E-state index in [1.165, 1.54) is 12.1 Å². The number of phenolic OH excluding ortho intramolecular Hbond substituents is 1. The number of hydrogen-bond donors (Lipinski definition) is 2. The second-order valence-electron chi connectivity index (χ2n) is 6.40. The van der Waals surface area contributed by atoms with Gasteiger partial charge < -0.3 is 10.4 Å². The van der Waals surface area contributed by atoms with Crippen LogP contribution in [-0.2, 0) is 0 Å². The number of aromatic hydroxyl groups is 1. The van der Waals surface area contributed by atoms with Gasteiger partial charge in [-0.3, -0.25) is 15.0 Å². The summed E-state index contributed by atoms with van der Waals surface area (Å²) in [5.41, 5.74) is 0.656. The van der Waals surface area contributed by atoms with E-state index in [9.17, 15) is 15.2 Å². The highest BCUT2D eigenvalue weighted by atomic mass is 79.9. The van der Waals surface area contributed by atoms with Crippen molar-refractivity contribution < 1.29 is 10.0 Å². The van der Waals surface area contributed by atoms with Crippen LogP contribution in [0.3, 0.4) is 0 Å². The van der Waals surface area contributed by atoms with Gasteiger partial charge in [0.2, 0.25) is 0 Å². The first-order valence-corrected chi connectivity index (χ1v) is 8.81. The fourth-order valence-electron chi connectivity index (χ4n) is 2.98. The van der Waals surface area contributed by atoms with Gasteiger partial charge in [0.15, 0.2) is 0 Å². The minimum absolute atomic E-state index is 0. The molecule has 0 spiro atoms. The molecule has 9 heteroatoms. The summed E-state index contributed by atoms with van der Waals surface area (Å²) < 4.78 is 0.381. The maximum atomic E-state index is 11.2. The summed E-state index contributed by atoms with van der Waals surface area (Å²) in [6, 6.07) is 2.87. The fourth-order valence-corrected chi connectivity index (χ4v) is 3.45. The second kappa shape index (κ2) is 11.2. The third-order valence-electron chi connectivity index (χ3n) is 4.26. The number of rotatable bonds is 6. The van der Waals surface area contributed by atoms with Crippen LogP contribution in [0.2, 0.25) is 0 Å². The van der Waals surface area contributed by atoms with Crippen molar-refractivity contribution in [2.75, 3.05) is 26.2 Å². The lowest BCUT2D eigenvalue weighted by atomic mass is 9.94. The molecule has 0 aliphatic carbocycles. The second-order valence-corrected chi connectivity index (χ2v) is 7.25. The van der Waals surface area contributed by atoms with Crippen molar-refractivity contribution in [3.05, 3.63) is 32.3 Å². The predicted octanol–water partition coefficient (Wildman–Crippen LogP) is 4.29. The fraction of sp³-hybridized carbons (Fsp3) is 0.625. The van der Waals surface area contributed by atoms with E-state index in [2.05, 4.69) is 40.0 Å². The quantitative estimate of drug-likeness (QED) is 0.491. The summed E-state index contributed by atoms with van der Waals surface area (Å²) in [5.74, 6) is 0.660. The van der Waals surface area contributed by atoms with Gasteiger partial charge in [0.1, 0.15) is 5.75 Å². The SMILES string of the molecule is CC(C)CC[C@H](c1cc([N+](=O)[O-])cc(Br)c1O)N1CCNCC1.Cl.Cl. The third kappa shape index (κ3) is 6.57. The van der Waals surface area contributed by atoms with E-state index >= 15 is 0 Å². The van der Waals surface area contributed by atoms with Crippen LogP contribution in [0.4, 0.5) is 5.69 Å². The Balaban J connectivity index is 0.00000288. The highest BCUT2D eigenvalue weighted by Crippen LogP contribution is 2.40. The minimum atomic E-state index is -0.412. The zero-order valence-electron chi connectivity index (χ0n) is 14.4. The van der Waals surface area contributed by atoms with Gasteiger partial charge >= 0.3 is 0 Å². The van der Waals surface area contributed by atoms with E-state index in [1.807, 2.05) is 0 Å². The summed E-state index contributed by atoms with van der Waals surface area (Å²) >= 11 is 3.25. The van der Waals surface area contributed by atoms with Crippen LogP contribution in [0.1, 0.15) is 38.3 Å². The lowest BCUT2D eigenvalue weighted by Crippen LogP contribution is -2.45. The monoisotopic (exact) mass is 457 g/mol. The number of piperazine rings is 1. The van der Waals surface area contributed by atoms with Crippen molar-refractivity contribution >= 4 is 46.4 Å². The van der Waals surface area contributed by atoms with Crippen LogP contribution in [0.15, 0.2) is 16.6 Å². The Morgan fingerprint density at radius 3 is 2.40 bits per heavy atom. The summed E-state index contributed by atoms with van der Waals surface area (Å²) in [6.45, 7) is 7.88. The van der Waals surface area contributed by atoms with Crippen LogP contribution >= 0.6 is 40.7 Å². The van der Waals surface area contributed by atoms with Gasteiger partial charge in [0, 0.05) is 49.9 Å². The van der Waals surface area contributed by atoms with E-state index < -0.39 is 4.92 Å². The largest absolute Gasteiger partial charge is 0.506 e. The Morgan fingerprint density at radius 2 is 1.88 bits per heavy atom. The Labute approximate surface area is 169 Å². The number of benzene rings is 1. The van der Waals surface area contributed by atoms with Crippen LogP contribution in [0, 0.1) is 16.0 Å². The topological polar surface area (TPSA) is 78.6 Å². The van der Waals surface area contributed by atoms with Crippen molar-refractivity contribution in [3.63, 3.8) is 0 Å². The Bertz CT molecular complexity index is 570. The number of nitrogens with one attached hydrogen (secondary N) is 1. The zero-order valence-corrected chi connectivity index (χ0v) is 17.6. The van der Waals surface area contributed by atoms with Gasteiger partial charge in [0.05, 0.1) is 9.40 Å². The van der Waals surface area contributed by atoms with Crippen LogP contribution in [-0.4, -0.2) is 41.1 Å². The molecule has 1 atom stereocenters. The predicted molar refractivity (Wildman–Crippen MR) is 108 cm³/mol. The van der Waals surface area contributed by atoms with Gasteiger partial charge in [-0.2, -0.15) is 0 Å². The number of nitro benzene ring substituents is 1. The summed E-state index contributed by atoms with van der Waals surface area (Å²) in [4.78, 5) is 13.1. The van der Waals surface area contributed by atoms with Crippen molar-refractivity contribution in [1.29, 1.82) is 0 Å². The number of hydrogen-bond acceptors (Lipinski definition) is 5. The van der Waals surface area contributed by atoms with Gasteiger partial charge in [0.25, 0.3) is 5.69 Å². The van der Waals surface area contributed by atoms with Gasteiger partial charge in [-0.25, -0.2) is 0 Å². The number of nitrogens with zero attached hydrogens (tertiary/aromatic N) is 2. The molecule has 6 nitrogen and oxygen atoms in total. The standard InChI is InChI=1S/C16H24BrN3O3.2ClH/c1-11(2)3-4-15(19-7-5-18-6-8-19)13-9-12(20(22)23)10-14(17)16(13)21;;/h9-11,15,18,21H,3-8H2,1-2H3;2*1H/t15-;;/m1../s1. The Hall–Kier alpha value is -0.600. The molecule has 1 aromatic carbocycles. The first-order chi connectivity index (χ1) is 10.9. The number of non-ortho nitro benzene ring substituents is 1. The molecule has 1 aromatic rings. The van der Waals surface area contributed by atoms with Crippen molar-refractivity contribution in [3.8, 4) is 5.75 Å². The molecule has 1 heterocycles. The molecule has 0 radical (unpaired) electrons. The van der Waals surface area contributed by atoms with E-state index in [1.54, 1.807) is 0 Å². The van der Waals surface area contributed by atoms with E-state index in [0.717, 1.165) is 39.0 Å². The molecule has 1 saturated heterocycles. The van der Waals surface area contributed by atoms with Crippen molar-refractivity contribution in [2.45, 2.75) is 32.7 Å². The molecular weight excluding hydrogens is 433 g/mol. The molecular formula is C16H26BrCl2N3O3. The molecule has 1 aliphatic rings. The molecule has 1 fully saturated rings. The smallest absolute Gasteiger partial charge is 0.271 e. The Morgan fingerprint density at radius 1 is 1.28 bits per heavy atom. The van der Waals surface area contributed by atoms with E-state index in [-0.39, 0.29) is 42.3 Å². The maximum Gasteiger partial charge on any atom is 0.271 e. The summed E-state index contributed by atoms with van der Waals surface area (Å²) in [5, 5.41) is 24.9. The molecule has 2 N–H and O–H groups in total. The van der Waals surface area contributed by atoms with Crippen LogP contribution in [0.25, 0.3) is 0 Å². The van der Waals surface area contributed by atoms with Gasteiger partial charge in [-0.1, -0.05) is 13.8 Å². The lowest BCUT2D eigenvalue weighted by molar-refractivity contribution is -0.385. The number of nitro groups is 1. The van der Waals surface area contributed by atoms with Crippen LogP contribution < -0.4 is 5.32 Å². The normalized spacial score (nSPS) is 16.0. The average Bonchev–Trinajstić information content (AvgIpc) is 2.51. The first kappa shape index (κ1) is 24.4. The maximum absolute atomic E-state index is 11.2. The average molecular weight is 459 g/mol. The third-order valence-corrected chi connectivity index (χ3v) is 4.86. The molecule has 2 rings (SSSR count). The molecule has 144 valence electrons. The van der Waals surface area contributed by atoms with Crippen LogP contribution in [0.5, 0.6) is 5.75 Å². The lowest BCUT2D eigenvalue weighted by Gasteiger charge is -2.36. The van der Waals surface area contributed by atoms with Gasteiger partial charge in [-0.05, 0) is 34.7 Å². The summed E-state index contributed by atoms with van der Waals surface area (Å²) in [6.07, 6.45) is 1.88. The highest BCUT2D eigenvalue weighted by molar-refractivity contribution is 9.10. The molecule has 0 bridgehead atoms. The molecule has 0 unspecified atom stereocenters. The van der Waals surface area contributed by atoms with E-state index in [0.29, 0.717) is 16.0 Å². The van der Waals surface area contributed by atoms with E-state index in [4.69, 9.17) is 0 Å². The molecule has 0 amide bonds. The molecule has 25 heavy (non-hydrogen) atoms. The van der Waals surface area contributed by atoms with Gasteiger partial charge in [-0.15, -0.1) is 24.8 Å². The molecule has 0 saturated carbocycles. The highest BCUT2D eigenvalue weighted by Gasteiger charge is 2.27. The molecule has 0 aromatic heterocycles. The molecule has 1 aliphatic heterocycles.